The number of allylic oxidation sites excluding steroid dienone is 7. The topological polar surface area (TPSA) is 172 Å². The summed E-state index contributed by atoms with van der Waals surface area (Å²) in [4.78, 5) is 35.5. The van der Waals surface area contributed by atoms with E-state index in [2.05, 4.69) is 0 Å². The first-order chi connectivity index (χ1) is 20.1. The molecule has 0 bridgehead atoms. The Morgan fingerprint density at radius 3 is 2.16 bits per heavy atom. The number of esters is 2. The minimum atomic E-state index is -4.68. The van der Waals surface area contributed by atoms with Gasteiger partial charge in [0.25, 0.3) is 7.82 Å². The van der Waals surface area contributed by atoms with Crippen LogP contribution in [0.2, 0.25) is 0 Å². The monoisotopic (exact) mass is 631 g/mol. The average Bonchev–Trinajstić information content (AvgIpc) is 2.90. The molecule has 12 nitrogen and oxygen atoms in total. The molecule has 0 aliphatic heterocycles. The number of carbonyl (C=O) groups is 2. The second-order valence-corrected chi connectivity index (χ2v) is 12.1. The molecule has 0 aromatic carbocycles. The standard InChI is InChI=1S/C30H50NO11P/c1-6-7-12-16-26(33)17-13-10-8-9-11-14-18-28(34)29(35)19-15-20-30(36)42-27(23-39-25(2)32)24-41-43(37,38)40-22-21-31(3,4)5/h7-14,17-18,26-29,33-35H,6,15-16,19-24H2,1-5H3/b10-8+,11-9-,12-7-,17-13+,18-14-/t26-,27+,28+,29+/m0/s1. The molecule has 5 atom stereocenters. The van der Waals surface area contributed by atoms with Crippen molar-refractivity contribution in [1.29, 1.82) is 0 Å². The van der Waals surface area contributed by atoms with E-state index in [4.69, 9.17) is 18.5 Å². The Kier molecular flexibility index (Phi) is 21.7. The third kappa shape index (κ3) is 25.8. The number of likely N-dealkylation sites (N-methyl/N-ethyl adjacent to an activating group) is 1. The van der Waals surface area contributed by atoms with Crippen LogP contribution in [-0.4, -0.2) is 104 Å². The van der Waals surface area contributed by atoms with E-state index < -0.39 is 57.4 Å². The van der Waals surface area contributed by atoms with Gasteiger partial charge in [0.1, 0.15) is 19.8 Å². The zero-order chi connectivity index (χ0) is 32.7. The number of carbonyl (C=O) groups excluding carboxylic acids is 2. The van der Waals surface area contributed by atoms with Crippen molar-refractivity contribution >= 4 is 19.8 Å². The van der Waals surface area contributed by atoms with Crippen molar-refractivity contribution < 1.29 is 57.4 Å². The molecule has 0 saturated heterocycles. The molecule has 0 rings (SSSR count). The number of nitrogens with zero attached hydrogens (tertiary/aromatic N) is 1. The molecule has 0 radical (unpaired) electrons. The summed E-state index contributed by atoms with van der Waals surface area (Å²) in [7, 11) is 0.921. The summed E-state index contributed by atoms with van der Waals surface area (Å²) >= 11 is 0. The van der Waals surface area contributed by atoms with Crippen LogP contribution in [0.5, 0.6) is 0 Å². The lowest BCUT2D eigenvalue weighted by Crippen LogP contribution is -2.37. The molecular formula is C30H50NO11P. The minimum Gasteiger partial charge on any atom is -0.756 e. The Balaban J connectivity index is 4.56. The Morgan fingerprint density at radius 2 is 1.56 bits per heavy atom. The molecule has 43 heavy (non-hydrogen) atoms. The number of hydrogen-bond acceptors (Lipinski definition) is 11. The van der Waals surface area contributed by atoms with Gasteiger partial charge in [-0.05, 0) is 25.7 Å². The van der Waals surface area contributed by atoms with Gasteiger partial charge < -0.3 is 43.2 Å². The normalized spacial score (nSPS) is 17.1. The van der Waals surface area contributed by atoms with Crippen molar-refractivity contribution in [2.24, 2.45) is 0 Å². The number of quaternary nitrogens is 1. The maximum atomic E-state index is 12.3. The maximum Gasteiger partial charge on any atom is 0.306 e. The molecule has 0 amide bonds. The zero-order valence-electron chi connectivity index (χ0n) is 25.9. The number of rotatable bonds is 23. The first-order valence-electron chi connectivity index (χ1n) is 14.3. The van der Waals surface area contributed by atoms with E-state index in [1.165, 1.54) is 6.08 Å². The maximum absolute atomic E-state index is 12.3. The van der Waals surface area contributed by atoms with Crippen molar-refractivity contribution in [2.45, 2.75) is 70.4 Å². The van der Waals surface area contributed by atoms with E-state index in [0.717, 1.165) is 13.3 Å². The second kappa shape index (κ2) is 23.0. The molecule has 0 aliphatic carbocycles. The summed E-state index contributed by atoms with van der Waals surface area (Å²) in [6, 6.07) is 0. The number of phosphoric acid groups is 1. The van der Waals surface area contributed by atoms with Crippen LogP contribution in [0.4, 0.5) is 0 Å². The van der Waals surface area contributed by atoms with Gasteiger partial charge in [0.05, 0.1) is 46.1 Å². The predicted molar refractivity (Wildman–Crippen MR) is 161 cm³/mol. The van der Waals surface area contributed by atoms with Gasteiger partial charge >= 0.3 is 11.9 Å². The van der Waals surface area contributed by atoms with Gasteiger partial charge in [-0.1, -0.05) is 67.7 Å². The highest BCUT2D eigenvalue weighted by Crippen LogP contribution is 2.38. The molecule has 3 N–H and O–H groups in total. The molecule has 13 heteroatoms. The smallest absolute Gasteiger partial charge is 0.306 e. The average molecular weight is 632 g/mol. The third-order valence-corrected chi connectivity index (χ3v) is 6.42. The van der Waals surface area contributed by atoms with Crippen molar-refractivity contribution in [1.82, 2.24) is 0 Å². The molecule has 0 aromatic heterocycles. The number of ether oxygens (including phenoxy) is 2. The second-order valence-electron chi connectivity index (χ2n) is 10.7. The number of aliphatic hydroxyl groups is 3. The first kappa shape index (κ1) is 40.6. The third-order valence-electron chi connectivity index (χ3n) is 5.45. The van der Waals surface area contributed by atoms with Crippen LogP contribution >= 0.6 is 7.82 Å². The molecule has 1 unspecified atom stereocenters. The van der Waals surface area contributed by atoms with Crippen LogP contribution in [0, 0.1) is 0 Å². The number of hydrogen-bond donors (Lipinski definition) is 3. The predicted octanol–water partition coefficient (Wildman–Crippen LogP) is 2.50. The van der Waals surface area contributed by atoms with Crippen molar-refractivity contribution in [3.05, 3.63) is 60.8 Å². The highest BCUT2D eigenvalue weighted by molar-refractivity contribution is 7.45. The fourth-order valence-corrected chi connectivity index (χ4v) is 3.80. The van der Waals surface area contributed by atoms with Gasteiger partial charge in [-0.15, -0.1) is 0 Å². The van der Waals surface area contributed by atoms with Crippen molar-refractivity contribution in [3.8, 4) is 0 Å². The lowest BCUT2D eigenvalue weighted by Gasteiger charge is -2.28. The van der Waals surface area contributed by atoms with E-state index in [1.807, 2.05) is 40.2 Å². The highest BCUT2D eigenvalue weighted by atomic mass is 31.2. The van der Waals surface area contributed by atoms with Crippen LogP contribution in [0.1, 0.15) is 46.0 Å². The van der Waals surface area contributed by atoms with E-state index >= 15 is 0 Å². The van der Waals surface area contributed by atoms with Crippen LogP contribution in [-0.2, 0) is 32.7 Å². The summed E-state index contributed by atoms with van der Waals surface area (Å²) in [5.41, 5.74) is 0. The molecular weight excluding hydrogens is 581 g/mol. The molecule has 0 saturated carbocycles. The molecule has 0 aromatic rings. The molecule has 0 heterocycles. The minimum absolute atomic E-state index is 0.0891. The zero-order valence-corrected chi connectivity index (χ0v) is 26.8. The fourth-order valence-electron chi connectivity index (χ4n) is 3.07. The number of phosphoric ester groups is 1. The summed E-state index contributed by atoms with van der Waals surface area (Å²) < 4.78 is 32.2. The molecule has 0 spiro atoms. The first-order valence-corrected chi connectivity index (χ1v) is 15.7. The van der Waals surface area contributed by atoms with Crippen LogP contribution in [0.15, 0.2) is 60.8 Å². The quantitative estimate of drug-likeness (QED) is 0.0497. The lowest BCUT2D eigenvalue weighted by molar-refractivity contribution is -0.870. The Hall–Kier alpha value is -2.41. The van der Waals surface area contributed by atoms with E-state index in [-0.39, 0.29) is 25.9 Å². The fraction of sp³-hybridized carbons (Fsp3) is 0.600. The van der Waals surface area contributed by atoms with Crippen molar-refractivity contribution in [3.63, 3.8) is 0 Å². The largest absolute Gasteiger partial charge is 0.756 e. The summed E-state index contributed by atoms with van der Waals surface area (Å²) in [6.45, 7) is 2.47. The van der Waals surface area contributed by atoms with E-state index in [9.17, 15) is 34.4 Å². The van der Waals surface area contributed by atoms with Gasteiger partial charge in [0.15, 0.2) is 6.10 Å². The van der Waals surface area contributed by atoms with Gasteiger partial charge in [-0.25, -0.2) is 0 Å². The van der Waals surface area contributed by atoms with Gasteiger partial charge in [0.2, 0.25) is 0 Å². The molecule has 0 aliphatic rings. The summed E-state index contributed by atoms with van der Waals surface area (Å²) in [5, 5.41) is 30.0. The van der Waals surface area contributed by atoms with Crippen molar-refractivity contribution in [2.75, 3.05) is 47.5 Å². The summed E-state index contributed by atoms with van der Waals surface area (Å²) in [5.74, 6) is -1.37. The Bertz CT molecular complexity index is 985. The highest BCUT2D eigenvalue weighted by Gasteiger charge is 2.22. The van der Waals surface area contributed by atoms with E-state index in [1.54, 1.807) is 42.5 Å². The van der Waals surface area contributed by atoms with Gasteiger partial charge in [-0.3, -0.25) is 14.2 Å². The summed E-state index contributed by atoms with van der Waals surface area (Å²) in [6.07, 6.45) is 14.8. The van der Waals surface area contributed by atoms with Gasteiger partial charge in [-0.2, -0.15) is 0 Å². The van der Waals surface area contributed by atoms with Crippen LogP contribution in [0.25, 0.3) is 0 Å². The SMILES string of the molecule is CC/C=C\C[C@H](O)/C=C/C=C/C=C\C=C/[C@@H](O)[C@H](O)CCCC(=O)O[C@H](COC(C)=O)COP(=O)([O-])OCC[N+](C)(C)C. The lowest BCUT2D eigenvalue weighted by atomic mass is 10.1. The van der Waals surface area contributed by atoms with Crippen LogP contribution < -0.4 is 4.89 Å². The van der Waals surface area contributed by atoms with Gasteiger partial charge in [0, 0.05) is 13.3 Å². The number of aliphatic hydroxyl groups excluding tert-OH is 3. The van der Waals surface area contributed by atoms with Crippen LogP contribution in [0.3, 0.4) is 0 Å². The van der Waals surface area contributed by atoms with E-state index in [0.29, 0.717) is 17.4 Å². The Morgan fingerprint density at radius 1 is 0.930 bits per heavy atom. The molecule has 0 fully saturated rings. The molecule has 246 valence electrons. The Labute approximate surface area is 255 Å².